The summed E-state index contributed by atoms with van der Waals surface area (Å²) in [5.74, 6) is 0.908. The van der Waals surface area contributed by atoms with Crippen molar-refractivity contribution in [2.75, 3.05) is 14.2 Å². The van der Waals surface area contributed by atoms with Gasteiger partial charge in [-0.3, -0.25) is 10.1 Å². The fourth-order valence-corrected chi connectivity index (χ4v) is 5.85. The molecule has 4 aromatic rings. The molecular formula is C38H42N4O7. The predicted octanol–water partition coefficient (Wildman–Crippen LogP) is 5.46. The molecule has 0 amide bonds. The van der Waals surface area contributed by atoms with Gasteiger partial charge in [0, 0.05) is 36.3 Å². The van der Waals surface area contributed by atoms with Crippen molar-refractivity contribution in [3.8, 4) is 34.6 Å². The molecule has 0 unspecified atom stereocenters. The molecule has 11 nitrogen and oxygen atoms in total. The number of hydrogen-bond acceptors (Lipinski definition) is 10. The third-order valence-corrected chi connectivity index (χ3v) is 9.57. The molecule has 2 heterocycles. The Bertz CT molecular complexity index is 1850. The Morgan fingerprint density at radius 3 is 1.63 bits per heavy atom. The molecule has 2 saturated carbocycles. The van der Waals surface area contributed by atoms with Crippen LogP contribution in [0.2, 0.25) is 0 Å². The fourth-order valence-electron chi connectivity index (χ4n) is 5.85. The number of carboxylic acid groups (broad SMARTS) is 1. The van der Waals surface area contributed by atoms with E-state index in [4.69, 9.17) is 18.9 Å². The van der Waals surface area contributed by atoms with E-state index in [9.17, 15) is 14.7 Å². The zero-order chi connectivity index (χ0) is 34.6. The van der Waals surface area contributed by atoms with E-state index >= 15 is 0 Å². The minimum absolute atomic E-state index is 0.312. The first-order valence-electron chi connectivity index (χ1n) is 16.4. The predicted molar refractivity (Wildman–Crippen MR) is 183 cm³/mol. The van der Waals surface area contributed by atoms with Crippen molar-refractivity contribution in [3.05, 3.63) is 94.0 Å². The fraction of sp³-hybridized carbons (Fsp3) is 0.368. The summed E-state index contributed by atoms with van der Waals surface area (Å²) in [6, 6.07) is 19.7. The van der Waals surface area contributed by atoms with Gasteiger partial charge < -0.3 is 34.2 Å². The van der Waals surface area contributed by atoms with Gasteiger partial charge in [0.15, 0.2) is 0 Å². The number of rotatable bonds is 17. The molecule has 6 rings (SSSR count). The summed E-state index contributed by atoms with van der Waals surface area (Å²) in [4.78, 5) is 31.9. The van der Waals surface area contributed by atoms with E-state index in [1.807, 2.05) is 36.4 Å². The van der Waals surface area contributed by atoms with Crippen LogP contribution in [0.5, 0.6) is 23.5 Å². The van der Waals surface area contributed by atoms with Crippen molar-refractivity contribution in [2.45, 2.75) is 76.9 Å². The van der Waals surface area contributed by atoms with Crippen molar-refractivity contribution in [1.29, 1.82) is 0 Å². The molecule has 0 bridgehead atoms. The van der Waals surface area contributed by atoms with Gasteiger partial charge in [-0.1, -0.05) is 36.4 Å². The summed E-state index contributed by atoms with van der Waals surface area (Å²) in [5, 5.41) is 15.9. The number of pyridine rings is 2. The molecule has 2 fully saturated rings. The summed E-state index contributed by atoms with van der Waals surface area (Å²) in [5.41, 5.74) is 6.83. The SMILES string of the molecule is COc1nc(OCc2cccc(-c3cccc(COc4ccc(CNC5(C(=O)O)CC5)c(OC)n4)c3C)c2C)ccc1CNC1(C=O)CC1. The van der Waals surface area contributed by atoms with E-state index in [1.54, 1.807) is 13.2 Å². The summed E-state index contributed by atoms with van der Waals surface area (Å²) < 4.78 is 23.2. The number of carbonyl (C=O) groups excluding carboxylic acids is 1. The normalized spacial score (nSPS) is 15.3. The summed E-state index contributed by atoms with van der Waals surface area (Å²) in [6.45, 7) is 5.65. The maximum atomic E-state index is 11.5. The first kappa shape index (κ1) is 33.9. The number of carbonyl (C=O) groups is 2. The lowest BCUT2D eigenvalue weighted by Crippen LogP contribution is -2.38. The number of carboxylic acids is 1. The third-order valence-electron chi connectivity index (χ3n) is 9.57. The van der Waals surface area contributed by atoms with Gasteiger partial charge in [0.05, 0.1) is 19.8 Å². The number of benzene rings is 2. The van der Waals surface area contributed by atoms with E-state index < -0.39 is 17.0 Å². The first-order valence-corrected chi connectivity index (χ1v) is 16.4. The number of aldehydes is 1. The summed E-state index contributed by atoms with van der Waals surface area (Å²) in [6.07, 6.45) is 3.91. The molecule has 2 aliphatic carbocycles. The van der Waals surface area contributed by atoms with Crippen LogP contribution in [0, 0.1) is 13.8 Å². The van der Waals surface area contributed by atoms with Crippen LogP contribution in [0.1, 0.15) is 59.1 Å². The monoisotopic (exact) mass is 666 g/mol. The molecule has 3 N–H and O–H groups in total. The van der Waals surface area contributed by atoms with Gasteiger partial charge in [-0.05, 0) is 85.0 Å². The van der Waals surface area contributed by atoms with Crippen molar-refractivity contribution in [3.63, 3.8) is 0 Å². The number of ether oxygens (including phenoxy) is 4. The highest BCUT2D eigenvalue weighted by molar-refractivity contribution is 5.82. The van der Waals surface area contributed by atoms with Crippen molar-refractivity contribution >= 4 is 12.3 Å². The van der Waals surface area contributed by atoms with E-state index in [1.165, 1.54) is 7.11 Å². The second kappa shape index (κ2) is 14.2. The number of nitrogens with one attached hydrogen (secondary N) is 2. The maximum absolute atomic E-state index is 11.5. The maximum Gasteiger partial charge on any atom is 0.323 e. The average molecular weight is 667 g/mol. The Morgan fingerprint density at radius 1 is 0.735 bits per heavy atom. The zero-order valence-electron chi connectivity index (χ0n) is 28.3. The van der Waals surface area contributed by atoms with Crippen molar-refractivity contribution < 1.29 is 33.6 Å². The van der Waals surface area contributed by atoms with Crippen LogP contribution < -0.4 is 29.6 Å². The molecule has 2 aromatic heterocycles. The van der Waals surface area contributed by atoms with Crippen LogP contribution >= 0.6 is 0 Å². The average Bonchev–Trinajstić information content (AvgIpc) is 4.06. The van der Waals surface area contributed by atoms with Crippen LogP contribution in [0.15, 0.2) is 60.7 Å². The lowest BCUT2D eigenvalue weighted by molar-refractivity contribution is -0.140. The van der Waals surface area contributed by atoms with E-state index in [-0.39, 0.29) is 0 Å². The van der Waals surface area contributed by atoms with Crippen LogP contribution in [0.4, 0.5) is 0 Å². The van der Waals surface area contributed by atoms with Gasteiger partial charge in [0.1, 0.15) is 25.0 Å². The Kier molecular flexibility index (Phi) is 9.84. The number of nitrogens with zero attached hydrogens (tertiary/aromatic N) is 2. The molecule has 0 spiro atoms. The van der Waals surface area contributed by atoms with Crippen molar-refractivity contribution in [1.82, 2.24) is 20.6 Å². The minimum atomic E-state index is -0.845. The topological polar surface area (TPSA) is 141 Å². The highest BCUT2D eigenvalue weighted by atomic mass is 16.5. The molecular weight excluding hydrogens is 624 g/mol. The third kappa shape index (κ3) is 7.53. The summed E-state index contributed by atoms with van der Waals surface area (Å²) >= 11 is 0. The Hall–Kier alpha value is -5.00. The lowest BCUT2D eigenvalue weighted by Gasteiger charge is -2.17. The lowest BCUT2D eigenvalue weighted by atomic mass is 9.92. The molecule has 0 atom stereocenters. The zero-order valence-corrected chi connectivity index (χ0v) is 28.3. The first-order chi connectivity index (χ1) is 23.7. The summed E-state index contributed by atoms with van der Waals surface area (Å²) in [7, 11) is 3.12. The largest absolute Gasteiger partial charge is 0.481 e. The Balaban J connectivity index is 1.11. The molecule has 2 aliphatic rings. The van der Waals surface area contributed by atoms with E-state index in [0.29, 0.717) is 62.7 Å². The second-order valence-electron chi connectivity index (χ2n) is 12.8. The smallest absolute Gasteiger partial charge is 0.323 e. The second-order valence-corrected chi connectivity index (χ2v) is 12.8. The molecule has 0 radical (unpaired) electrons. The van der Waals surface area contributed by atoms with Gasteiger partial charge in [-0.25, -0.2) is 0 Å². The van der Waals surface area contributed by atoms with Gasteiger partial charge in [0.25, 0.3) is 0 Å². The Morgan fingerprint density at radius 2 is 1.22 bits per heavy atom. The highest BCUT2D eigenvalue weighted by Gasteiger charge is 2.50. The standard InChI is InChI=1S/C38H42N4O7/c1-24-28(21-48-32-13-11-26(34(41-32)46-3)19-39-37(23-43)15-16-37)7-5-9-30(24)31-10-6-8-29(25(31)2)22-49-33-14-12-27(35(42-33)47-4)20-40-38(17-18-38)36(44)45/h5-14,23,39-40H,15-22H2,1-4H3,(H,44,45). The molecule has 256 valence electrons. The number of aliphatic carboxylic acids is 1. The Labute approximate surface area is 286 Å². The van der Waals surface area contributed by atoms with Crippen LogP contribution in [0.3, 0.4) is 0 Å². The molecule has 0 aliphatic heterocycles. The van der Waals surface area contributed by atoms with Crippen molar-refractivity contribution in [2.24, 2.45) is 0 Å². The minimum Gasteiger partial charge on any atom is -0.481 e. The molecule has 0 saturated heterocycles. The van der Waals surface area contributed by atoms with Crippen LogP contribution in [0.25, 0.3) is 11.1 Å². The number of hydrogen-bond donors (Lipinski definition) is 3. The van der Waals surface area contributed by atoms with Crippen LogP contribution in [-0.4, -0.2) is 52.6 Å². The molecule has 11 heteroatoms. The number of aromatic nitrogens is 2. The van der Waals surface area contributed by atoms with Gasteiger partial charge in [0.2, 0.25) is 23.5 Å². The van der Waals surface area contributed by atoms with Gasteiger partial charge >= 0.3 is 5.97 Å². The van der Waals surface area contributed by atoms with Gasteiger partial charge in [-0.2, -0.15) is 9.97 Å². The van der Waals surface area contributed by atoms with E-state index in [2.05, 4.69) is 52.6 Å². The van der Waals surface area contributed by atoms with E-state index in [0.717, 1.165) is 63.6 Å². The molecule has 2 aromatic carbocycles. The number of methoxy groups -OCH3 is 2. The van der Waals surface area contributed by atoms with Gasteiger partial charge in [-0.15, -0.1) is 0 Å². The molecule has 49 heavy (non-hydrogen) atoms. The highest BCUT2D eigenvalue weighted by Crippen LogP contribution is 2.37. The van der Waals surface area contributed by atoms with Crippen LogP contribution in [-0.2, 0) is 35.9 Å². The quantitative estimate of drug-likeness (QED) is 0.124.